The molecule has 0 spiro atoms. The third-order valence-corrected chi connectivity index (χ3v) is 4.97. The summed E-state index contributed by atoms with van der Waals surface area (Å²) in [6, 6.07) is 2.27. The zero-order chi connectivity index (χ0) is 17.3. The molecular formula is C17H23N4O2S+. The summed E-state index contributed by atoms with van der Waals surface area (Å²) >= 11 is 1.55. The molecule has 1 amide bonds. The van der Waals surface area contributed by atoms with Crippen LogP contribution in [0.3, 0.4) is 0 Å². The molecule has 1 aliphatic rings. The minimum atomic E-state index is 0.0241. The van der Waals surface area contributed by atoms with E-state index in [1.165, 1.54) is 0 Å². The highest BCUT2D eigenvalue weighted by molar-refractivity contribution is 7.12. The van der Waals surface area contributed by atoms with Crippen LogP contribution in [0.4, 0.5) is 0 Å². The monoisotopic (exact) mass is 347 g/mol. The molecule has 0 aliphatic heterocycles. The summed E-state index contributed by atoms with van der Waals surface area (Å²) in [5.41, 5.74) is 2.61. The van der Waals surface area contributed by atoms with Crippen molar-refractivity contribution in [1.82, 2.24) is 14.9 Å². The van der Waals surface area contributed by atoms with Crippen LogP contribution < -0.4 is 10.2 Å². The number of carbonyl (C=O) groups is 2. The number of amides is 1. The topological polar surface area (TPSA) is 68.4 Å². The maximum Gasteiger partial charge on any atom is 0.275 e. The SMILES string of the molecule is Cc1cc(C(=O)C[NH+](C)CC(=O)NC2CC2)c(C)n1-c1nccs1. The smallest absolute Gasteiger partial charge is 0.275 e. The minimum absolute atomic E-state index is 0.0241. The van der Waals surface area contributed by atoms with Crippen molar-refractivity contribution in [3.8, 4) is 5.13 Å². The Hall–Kier alpha value is -1.99. The Bertz CT molecular complexity index is 747. The van der Waals surface area contributed by atoms with Gasteiger partial charge in [0.2, 0.25) is 5.78 Å². The lowest BCUT2D eigenvalue weighted by atomic mass is 10.1. The number of hydrogen-bond acceptors (Lipinski definition) is 4. The standard InChI is InChI=1S/C17H22N4O2S/c1-11-8-14(12(2)21(11)17-18-6-7-24-17)15(22)9-20(3)10-16(23)19-13-4-5-13/h6-8,13H,4-5,9-10H2,1-3H3,(H,19,23)/p+1. The highest BCUT2D eigenvalue weighted by Gasteiger charge is 2.26. The largest absolute Gasteiger partial charge is 0.348 e. The molecular weight excluding hydrogens is 324 g/mol. The molecule has 0 aromatic carbocycles. The summed E-state index contributed by atoms with van der Waals surface area (Å²) in [6.45, 7) is 4.55. The fourth-order valence-corrected chi connectivity index (χ4v) is 3.63. The van der Waals surface area contributed by atoms with E-state index in [2.05, 4.69) is 10.3 Å². The van der Waals surface area contributed by atoms with Gasteiger partial charge in [0.05, 0.1) is 7.05 Å². The Morgan fingerprint density at radius 2 is 2.12 bits per heavy atom. The zero-order valence-electron chi connectivity index (χ0n) is 14.3. The van der Waals surface area contributed by atoms with E-state index in [1.54, 1.807) is 17.5 Å². The van der Waals surface area contributed by atoms with Crippen LogP contribution in [0, 0.1) is 13.8 Å². The van der Waals surface area contributed by atoms with Gasteiger partial charge in [-0.2, -0.15) is 0 Å². The summed E-state index contributed by atoms with van der Waals surface area (Å²) in [5, 5.41) is 5.75. The van der Waals surface area contributed by atoms with Crippen LogP contribution in [0.1, 0.15) is 34.6 Å². The molecule has 1 atom stereocenters. The van der Waals surface area contributed by atoms with Crippen molar-refractivity contribution in [2.45, 2.75) is 32.7 Å². The van der Waals surface area contributed by atoms with Gasteiger partial charge in [0, 0.05) is 34.6 Å². The Labute approximate surface area is 145 Å². The van der Waals surface area contributed by atoms with Crippen molar-refractivity contribution in [3.05, 3.63) is 34.6 Å². The normalized spacial score (nSPS) is 15.3. The first-order chi connectivity index (χ1) is 11.5. The van der Waals surface area contributed by atoms with Gasteiger partial charge in [-0.05, 0) is 32.8 Å². The first-order valence-electron chi connectivity index (χ1n) is 8.18. The summed E-state index contributed by atoms with van der Waals surface area (Å²) in [6.07, 6.45) is 3.91. The number of aryl methyl sites for hydroxylation is 1. The lowest BCUT2D eigenvalue weighted by Crippen LogP contribution is -3.11. The molecule has 7 heteroatoms. The van der Waals surface area contributed by atoms with E-state index < -0.39 is 0 Å². The van der Waals surface area contributed by atoms with Gasteiger partial charge in [0.25, 0.3) is 5.91 Å². The van der Waals surface area contributed by atoms with Crippen molar-refractivity contribution in [2.24, 2.45) is 0 Å². The van der Waals surface area contributed by atoms with Crippen LogP contribution in [-0.4, -0.2) is 47.4 Å². The third kappa shape index (κ3) is 3.73. The molecule has 128 valence electrons. The molecule has 0 saturated heterocycles. The van der Waals surface area contributed by atoms with Crippen molar-refractivity contribution in [1.29, 1.82) is 0 Å². The number of nitrogens with one attached hydrogen (secondary N) is 2. The van der Waals surface area contributed by atoms with Crippen molar-refractivity contribution in [2.75, 3.05) is 20.1 Å². The average molecular weight is 347 g/mol. The number of rotatable bonds is 7. The van der Waals surface area contributed by atoms with Gasteiger partial charge in [0.1, 0.15) is 6.54 Å². The van der Waals surface area contributed by atoms with E-state index in [9.17, 15) is 9.59 Å². The van der Waals surface area contributed by atoms with Crippen LogP contribution in [0.2, 0.25) is 0 Å². The molecule has 1 aliphatic carbocycles. The predicted molar refractivity (Wildman–Crippen MR) is 93.0 cm³/mol. The summed E-state index contributed by atoms with van der Waals surface area (Å²) in [7, 11) is 1.88. The van der Waals surface area contributed by atoms with Gasteiger partial charge in [-0.1, -0.05) is 0 Å². The van der Waals surface area contributed by atoms with Gasteiger partial charge >= 0.3 is 0 Å². The number of likely N-dealkylation sites (N-methyl/N-ethyl adjacent to an activating group) is 1. The number of nitrogens with zero attached hydrogens (tertiary/aromatic N) is 2. The van der Waals surface area contributed by atoms with Crippen molar-refractivity contribution < 1.29 is 14.5 Å². The first-order valence-corrected chi connectivity index (χ1v) is 9.06. The average Bonchev–Trinajstić information content (AvgIpc) is 3.04. The Morgan fingerprint density at radius 3 is 2.75 bits per heavy atom. The summed E-state index contributed by atoms with van der Waals surface area (Å²) in [4.78, 5) is 29.7. The lowest BCUT2D eigenvalue weighted by Gasteiger charge is -2.13. The predicted octanol–water partition coefficient (Wildman–Crippen LogP) is 0.527. The molecule has 3 rings (SSSR count). The molecule has 6 nitrogen and oxygen atoms in total. The van der Waals surface area contributed by atoms with E-state index in [1.807, 2.05) is 36.9 Å². The number of quaternary nitrogens is 1. The maximum atomic E-state index is 12.6. The van der Waals surface area contributed by atoms with E-state index in [-0.39, 0.29) is 11.7 Å². The zero-order valence-corrected chi connectivity index (χ0v) is 15.1. The van der Waals surface area contributed by atoms with Crippen LogP contribution >= 0.6 is 11.3 Å². The first kappa shape index (κ1) is 16.9. The molecule has 0 bridgehead atoms. The second-order valence-electron chi connectivity index (χ2n) is 6.51. The number of hydrogen-bond donors (Lipinski definition) is 2. The lowest BCUT2D eigenvalue weighted by molar-refractivity contribution is -0.862. The van der Waals surface area contributed by atoms with Gasteiger partial charge in [-0.25, -0.2) is 4.98 Å². The fourth-order valence-electron chi connectivity index (χ4n) is 2.88. The molecule has 1 fully saturated rings. The van der Waals surface area contributed by atoms with E-state index in [4.69, 9.17) is 0 Å². The number of carbonyl (C=O) groups excluding carboxylic acids is 2. The van der Waals surface area contributed by atoms with Gasteiger partial charge < -0.3 is 10.2 Å². The van der Waals surface area contributed by atoms with E-state index in [0.717, 1.165) is 34.3 Å². The Morgan fingerprint density at radius 1 is 1.38 bits per heavy atom. The van der Waals surface area contributed by atoms with Crippen molar-refractivity contribution >= 4 is 23.0 Å². The number of Topliss-reactive ketones (excluding diaryl/α,β-unsaturated/α-hetero) is 1. The quantitative estimate of drug-likeness (QED) is 0.718. The summed E-state index contributed by atoms with van der Waals surface area (Å²) in [5.74, 6) is 0.0821. The molecule has 1 unspecified atom stereocenters. The van der Waals surface area contributed by atoms with Crippen molar-refractivity contribution in [3.63, 3.8) is 0 Å². The second-order valence-corrected chi connectivity index (χ2v) is 7.38. The van der Waals surface area contributed by atoms with E-state index in [0.29, 0.717) is 24.7 Å². The summed E-state index contributed by atoms with van der Waals surface area (Å²) < 4.78 is 2.01. The molecule has 2 aromatic heterocycles. The number of ketones is 1. The van der Waals surface area contributed by atoms with Gasteiger partial charge in [-0.3, -0.25) is 14.2 Å². The van der Waals surface area contributed by atoms with Crippen LogP contribution in [0.25, 0.3) is 5.13 Å². The van der Waals surface area contributed by atoms with Crippen LogP contribution in [-0.2, 0) is 4.79 Å². The molecule has 2 heterocycles. The minimum Gasteiger partial charge on any atom is -0.348 e. The number of thiazole rings is 1. The Balaban J connectivity index is 1.66. The molecule has 1 saturated carbocycles. The highest BCUT2D eigenvalue weighted by Crippen LogP contribution is 2.22. The van der Waals surface area contributed by atoms with Crippen LogP contribution in [0.15, 0.2) is 17.6 Å². The fraction of sp³-hybridized carbons (Fsp3) is 0.471. The second kappa shape index (κ2) is 6.86. The Kier molecular flexibility index (Phi) is 4.82. The highest BCUT2D eigenvalue weighted by atomic mass is 32.1. The molecule has 2 aromatic rings. The maximum absolute atomic E-state index is 12.6. The van der Waals surface area contributed by atoms with Gasteiger partial charge in [0.15, 0.2) is 11.7 Å². The van der Waals surface area contributed by atoms with Gasteiger partial charge in [-0.15, -0.1) is 11.3 Å². The van der Waals surface area contributed by atoms with Crippen LogP contribution in [0.5, 0.6) is 0 Å². The molecule has 2 N–H and O–H groups in total. The number of aromatic nitrogens is 2. The van der Waals surface area contributed by atoms with E-state index >= 15 is 0 Å². The molecule has 24 heavy (non-hydrogen) atoms. The molecule has 0 radical (unpaired) electrons. The third-order valence-electron chi connectivity index (χ3n) is 4.21.